The molecule has 128 valence electrons. The molecule has 0 aliphatic carbocycles. The molecule has 0 saturated carbocycles. The largest absolute Gasteiger partial charge is 0.459 e. The van der Waals surface area contributed by atoms with Crippen molar-refractivity contribution in [2.75, 3.05) is 6.61 Å². The van der Waals surface area contributed by atoms with Crippen LogP contribution in [0, 0.1) is 0 Å². The molecule has 1 atom stereocenters. The van der Waals surface area contributed by atoms with Crippen LogP contribution in [-0.4, -0.2) is 28.0 Å². The number of furan rings is 1. The van der Waals surface area contributed by atoms with E-state index in [9.17, 15) is 5.11 Å². The minimum atomic E-state index is -0.635. The van der Waals surface area contributed by atoms with E-state index in [0.717, 1.165) is 30.6 Å². The van der Waals surface area contributed by atoms with Gasteiger partial charge in [0.1, 0.15) is 18.1 Å². The Morgan fingerprint density at radius 1 is 1.30 bits per heavy atom. The van der Waals surface area contributed by atoms with Crippen LogP contribution >= 0.6 is 0 Å². The second-order valence-electron chi connectivity index (χ2n) is 5.69. The Labute approximate surface area is 138 Å². The molecule has 0 spiro atoms. The summed E-state index contributed by atoms with van der Waals surface area (Å²) in [6, 6.07) is 3.59. The lowest BCUT2D eigenvalue weighted by atomic mass is 9.95. The van der Waals surface area contributed by atoms with E-state index in [4.69, 9.17) is 14.6 Å². The third-order valence-electron chi connectivity index (χ3n) is 3.66. The van der Waals surface area contributed by atoms with Crippen molar-refractivity contribution in [2.24, 2.45) is 0 Å². The highest BCUT2D eigenvalue weighted by molar-refractivity contribution is 5.47. The lowest BCUT2D eigenvalue weighted by molar-refractivity contribution is 0.201. The molecule has 4 nitrogen and oxygen atoms in total. The highest BCUT2D eigenvalue weighted by Crippen LogP contribution is 2.23. The maximum atomic E-state index is 10.3. The van der Waals surface area contributed by atoms with E-state index < -0.39 is 6.10 Å². The third kappa shape index (κ3) is 6.57. The van der Waals surface area contributed by atoms with Crippen LogP contribution in [0.4, 0.5) is 0 Å². The fourth-order valence-electron chi connectivity index (χ4n) is 2.52. The summed E-state index contributed by atoms with van der Waals surface area (Å²) >= 11 is 0. The van der Waals surface area contributed by atoms with Gasteiger partial charge in [0.15, 0.2) is 0 Å². The summed E-state index contributed by atoms with van der Waals surface area (Å²) in [5.74, 6) is 1.26. The molecule has 0 saturated heterocycles. The molecule has 23 heavy (non-hydrogen) atoms. The topological polar surface area (TPSA) is 73.8 Å². The summed E-state index contributed by atoms with van der Waals surface area (Å²) in [6.45, 7) is 7.57. The lowest BCUT2D eigenvalue weighted by Crippen LogP contribution is -2.12. The smallest absolute Gasteiger partial charge is 0.130 e. The molecule has 0 aromatic carbocycles. The van der Waals surface area contributed by atoms with Gasteiger partial charge in [-0.2, -0.15) is 0 Å². The Balaban J connectivity index is 2.76. The number of aliphatic hydroxyl groups is 3. The molecule has 1 aromatic rings. The van der Waals surface area contributed by atoms with E-state index in [1.54, 1.807) is 12.1 Å². The van der Waals surface area contributed by atoms with Gasteiger partial charge in [0.2, 0.25) is 0 Å². The van der Waals surface area contributed by atoms with Gasteiger partial charge in [-0.25, -0.2) is 0 Å². The normalized spacial score (nSPS) is 14.1. The van der Waals surface area contributed by atoms with Crippen molar-refractivity contribution in [3.8, 4) is 0 Å². The second-order valence-corrected chi connectivity index (χ2v) is 5.69. The van der Waals surface area contributed by atoms with Crippen molar-refractivity contribution in [2.45, 2.75) is 52.2 Å². The van der Waals surface area contributed by atoms with E-state index in [0.29, 0.717) is 17.8 Å². The maximum Gasteiger partial charge on any atom is 0.130 e. The van der Waals surface area contributed by atoms with Crippen LogP contribution in [0.2, 0.25) is 0 Å². The summed E-state index contributed by atoms with van der Waals surface area (Å²) in [6.07, 6.45) is 6.19. The number of aliphatic hydroxyl groups excluding tert-OH is 3. The quantitative estimate of drug-likeness (QED) is 0.576. The maximum absolute atomic E-state index is 10.3. The van der Waals surface area contributed by atoms with Crippen LogP contribution in [0.15, 0.2) is 45.9 Å². The zero-order valence-electron chi connectivity index (χ0n) is 14.1. The van der Waals surface area contributed by atoms with Crippen LogP contribution in [0.3, 0.4) is 0 Å². The third-order valence-corrected chi connectivity index (χ3v) is 3.66. The van der Waals surface area contributed by atoms with Crippen molar-refractivity contribution < 1.29 is 19.7 Å². The summed E-state index contributed by atoms with van der Waals surface area (Å²) in [7, 11) is 0. The van der Waals surface area contributed by atoms with Gasteiger partial charge < -0.3 is 19.7 Å². The SMILES string of the molecule is C=C(C)/C(=C/CO)C(O)CC/C(=C/c1ccc(CO)o1)CCC. The van der Waals surface area contributed by atoms with E-state index in [1.807, 2.05) is 19.1 Å². The van der Waals surface area contributed by atoms with Crippen molar-refractivity contribution >= 4 is 6.08 Å². The standard InChI is InChI=1S/C19H28O4/c1-4-5-15(12-16-7-8-17(13-21)23-16)6-9-19(22)18(10-11-20)14(2)3/h7-8,10,12,19-22H,2,4-6,9,11,13H2,1,3H3/b15-12+,18-10-. The van der Waals surface area contributed by atoms with Gasteiger partial charge in [0.25, 0.3) is 0 Å². The molecule has 4 heteroatoms. The van der Waals surface area contributed by atoms with E-state index >= 15 is 0 Å². The molecule has 0 amide bonds. The first kappa shape index (κ1) is 19.4. The molecule has 0 aliphatic rings. The Kier molecular flexibility index (Phi) is 8.62. The van der Waals surface area contributed by atoms with Crippen molar-refractivity contribution in [3.05, 3.63) is 53.0 Å². The van der Waals surface area contributed by atoms with Gasteiger partial charge in [-0.3, -0.25) is 0 Å². The van der Waals surface area contributed by atoms with E-state index in [-0.39, 0.29) is 13.2 Å². The molecule has 1 unspecified atom stereocenters. The Bertz CT molecular complexity index is 551. The fraction of sp³-hybridized carbons (Fsp3) is 0.474. The average molecular weight is 320 g/mol. The summed E-state index contributed by atoms with van der Waals surface area (Å²) < 4.78 is 5.49. The summed E-state index contributed by atoms with van der Waals surface area (Å²) in [4.78, 5) is 0. The van der Waals surface area contributed by atoms with Crippen LogP contribution in [0.25, 0.3) is 6.08 Å². The molecule has 3 N–H and O–H groups in total. The molecule has 0 bridgehead atoms. The first-order chi connectivity index (χ1) is 11.0. The van der Waals surface area contributed by atoms with Gasteiger partial charge >= 0.3 is 0 Å². The molecular weight excluding hydrogens is 292 g/mol. The molecule has 0 fully saturated rings. The monoisotopic (exact) mass is 320 g/mol. The number of hydrogen-bond donors (Lipinski definition) is 3. The molecule has 1 heterocycles. The van der Waals surface area contributed by atoms with Gasteiger partial charge in [0.05, 0.1) is 12.7 Å². The molecule has 1 aromatic heterocycles. The summed E-state index contributed by atoms with van der Waals surface area (Å²) in [5.41, 5.74) is 2.66. The molecule has 0 radical (unpaired) electrons. The van der Waals surface area contributed by atoms with Gasteiger partial charge in [0, 0.05) is 0 Å². The zero-order valence-corrected chi connectivity index (χ0v) is 14.1. The fourth-order valence-corrected chi connectivity index (χ4v) is 2.52. The van der Waals surface area contributed by atoms with Gasteiger partial charge in [-0.1, -0.05) is 37.1 Å². The van der Waals surface area contributed by atoms with Crippen molar-refractivity contribution in [3.63, 3.8) is 0 Å². The number of hydrogen-bond acceptors (Lipinski definition) is 4. The Morgan fingerprint density at radius 2 is 2.04 bits per heavy atom. The van der Waals surface area contributed by atoms with Crippen molar-refractivity contribution in [1.82, 2.24) is 0 Å². The lowest BCUT2D eigenvalue weighted by Gasteiger charge is -2.16. The highest BCUT2D eigenvalue weighted by Gasteiger charge is 2.12. The highest BCUT2D eigenvalue weighted by atomic mass is 16.4. The average Bonchev–Trinajstić information content (AvgIpc) is 2.97. The predicted octanol–water partition coefficient (Wildman–Crippen LogP) is 3.59. The Morgan fingerprint density at radius 3 is 2.57 bits per heavy atom. The van der Waals surface area contributed by atoms with Gasteiger partial charge in [-0.15, -0.1) is 0 Å². The van der Waals surface area contributed by atoms with Crippen molar-refractivity contribution in [1.29, 1.82) is 0 Å². The van der Waals surface area contributed by atoms with Crippen LogP contribution in [-0.2, 0) is 6.61 Å². The number of rotatable bonds is 10. The minimum absolute atomic E-state index is 0.104. The predicted molar refractivity (Wildman–Crippen MR) is 92.7 cm³/mol. The molecular formula is C19H28O4. The second kappa shape index (κ2) is 10.2. The first-order valence-electron chi connectivity index (χ1n) is 8.05. The first-order valence-corrected chi connectivity index (χ1v) is 8.05. The van der Waals surface area contributed by atoms with E-state index in [1.165, 1.54) is 5.57 Å². The van der Waals surface area contributed by atoms with Crippen LogP contribution < -0.4 is 0 Å². The molecule has 0 aliphatic heterocycles. The number of allylic oxidation sites excluding steroid dienone is 1. The van der Waals surface area contributed by atoms with Crippen LogP contribution in [0.1, 0.15) is 51.1 Å². The van der Waals surface area contributed by atoms with E-state index in [2.05, 4.69) is 13.5 Å². The minimum Gasteiger partial charge on any atom is -0.459 e. The summed E-state index contributed by atoms with van der Waals surface area (Å²) in [5, 5.41) is 28.4. The zero-order chi connectivity index (χ0) is 17.2. The molecule has 1 rings (SSSR count). The van der Waals surface area contributed by atoms with Gasteiger partial charge in [-0.05, 0) is 50.0 Å². The van der Waals surface area contributed by atoms with Crippen LogP contribution in [0.5, 0.6) is 0 Å². The Hall–Kier alpha value is -1.62.